The fourth-order valence-electron chi connectivity index (χ4n) is 4.02. The molecule has 0 aromatic heterocycles. The van der Waals surface area contributed by atoms with Crippen LogP contribution in [0, 0.1) is 0 Å². The van der Waals surface area contributed by atoms with Crippen molar-refractivity contribution in [1.82, 2.24) is 10.2 Å². The van der Waals surface area contributed by atoms with Gasteiger partial charge in [-0.2, -0.15) is 0 Å². The molecule has 0 heterocycles. The molecule has 216 valence electrons. The monoisotopic (exact) mass is 619 g/mol. The number of rotatable bonds is 12. The molecular formula is C27H36Cl3N3O5S. The molecular weight excluding hydrogens is 585 g/mol. The van der Waals surface area contributed by atoms with Crippen molar-refractivity contribution < 1.29 is 22.7 Å². The molecule has 0 aliphatic carbocycles. The van der Waals surface area contributed by atoms with Crippen molar-refractivity contribution in [3.63, 3.8) is 0 Å². The highest BCUT2D eigenvalue weighted by atomic mass is 35.5. The predicted molar refractivity (Wildman–Crippen MR) is 158 cm³/mol. The summed E-state index contributed by atoms with van der Waals surface area (Å²) in [5.74, 6) is -0.174. The maximum Gasteiger partial charge on any atom is 0.243 e. The first kappa shape index (κ1) is 33.0. The Morgan fingerprint density at radius 3 is 2.23 bits per heavy atom. The second-order valence-corrected chi connectivity index (χ2v) is 13.3. The van der Waals surface area contributed by atoms with E-state index in [-0.39, 0.29) is 42.8 Å². The molecule has 0 fully saturated rings. The number of carbonyl (C=O) groups is 2. The molecule has 2 amide bonds. The number of carbonyl (C=O) groups excluding carboxylic acids is 2. The molecule has 0 bridgehead atoms. The standard InChI is InChI=1S/C27H36Cl3N3O5S/c1-7-23(26(35)31-27(2,3)4)32(17-18-10-11-19(28)15-21(18)29)25(34)9-8-14-33(39(6,36)37)20-12-13-24(38-5)22(30)16-20/h10-13,15-16,23H,7-9,14,17H2,1-6H3,(H,31,35)/t23-/m1/s1. The Balaban J connectivity index is 2.30. The number of hydrogen-bond donors (Lipinski definition) is 1. The van der Waals surface area contributed by atoms with Gasteiger partial charge < -0.3 is 15.0 Å². The third kappa shape index (κ3) is 9.74. The second kappa shape index (κ2) is 13.9. The lowest BCUT2D eigenvalue weighted by Gasteiger charge is -2.33. The number of ether oxygens (including phenoxy) is 1. The minimum atomic E-state index is -3.67. The van der Waals surface area contributed by atoms with Gasteiger partial charge in [-0.25, -0.2) is 8.42 Å². The molecule has 0 spiro atoms. The molecule has 0 saturated heterocycles. The Kier molecular flexibility index (Phi) is 11.8. The molecule has 0 saturated carbocycles. The smallest absolute Gasteiger partial charge is 0.243 e. The van der Waals surface area contributed by atoms with Crippen molar-refractivity contribution in [2.45, 2.75) is 65.1 Å². The first-order valence-corrected chi connectivity index (χ1v) is 15.4. The zero-order valence-electron chi connectivity index (χ0n) is 23.1. The third-order valence-corrected chi connectivity index (χ3v) is 7.89. The highest BCUT2D eigenvalue weighted by Crippen LogP contribution is 2.30. The summed E-state index contributed by atoms with van der Waals surface area (Å²) in [5, 5.41) is 4.05. The SMILES string of the molecule is CC[C@H](C(=O)NC(C)(C)C)N(Cc1ccc(Cl)cc1Cl)C(=O)CCCN(c1ccc(OC)c(Cl)c1)S(C)(=O)=O. The normalized spacial score (nSPS) is 12.5. The summed E-state index contributed by atoms with van der Waals surface area (Å²) in [4.78, 5) is 28.2. The van der Waals surface area contributed by atoms with E-state index in [1.807, 2.05) is 27.7 Å². The zero-order chi connectivity index (χ0) is 29.5. The predicted octanol–water partition coefficient (Wildman–Crippen LogP) is 5.92. The van der Waals surface area contributed by atoms with Gasteiger partial charge in [0.05, 0.1) is 24.1 Å². The van der Waals surface area contributed by atoms with Crippen molar-refractivity contribution in [3.05, 3.63) is 57.0 Å². The summed E-state index contributed by atoms with van der Waals surface area (Å²) in [5.41, 5.74) is 0.505. The Morgan fingerprint density at radius 2 is 1.72 bits per heavy atom. The summed E-state index contributed by atoms with van der Waals surface area (Å²) >= 11 is 18.6. The Bertz CT molecular complexity index is 1280. The largest absolute Gasteiger partial charge is 0.495 e. The summed E-state index contributed by atoms with van der Waals surface area (Å²) in [6.07, 6.45) is 1.67. The average molecular weight is 621 g/mol. The molecule has 12 heteroatoms. The summed E-state index contributed by atoms with van der Waals surface area (Å²) < 4.78 is 31.5. The van der Waals surface area contributed by atoms with Crippen LogP contribution in [0.4, 0.5) is 5.69 Å². The van der Waals surface area contributed by atoms with Gasteiger partial charge in [-0.1, -0.05) is 47.8 Å². The van der Waals surface area contributed by atoms with E-state index in [1.165, 1.54) is 22.4 Å². The van der Waals surface area contributed by atoms with Crippen LogP contribution in [0.1, 0.15) is 52.5 Å². The summed E-state index contributed by atoms with van der Waals surface area (Å²) in [7, 11) is -2.20. The van der Waals surface area contributed by atoms with Crippen molar-refractivity contribution in [2.24, 2.45) is 0 Å². The molecule has 0 radical (unpaired) electrons. The number of hydrogen-bond acceptors (Lipinski definition) is 5. The van der Waals surface area contributed by atoms with Gasteiger partial charge in [0.1, 0.15) is 11.8 Å². The van der Waals surface area contributed by atoms with E-state index in [1.54, 1.807) is 30.3 Å². The quantitative estimate of drug-likeness (QED) is 0.318. The van der Waals surface area contributed by atoms with E-state index in [4.69, 9.17) is 39.5 Å². The van der Waals surface area contributed by atoms with Crippen LogP contribution in [0.5, 0.6) is 5.75 Å². The Hall–Kier alpha value is -2.20. The van der Waals surface area contributed by atoms with Crippen LogP contribution in [-0.4, -0.2) is 56.6 Å². The molecule has 2 rings (SSSR count). The summed E-state index contributed by atoms with van der Waals surface area (Å²) in [6.45, 7) is 7.55. The molecule has 2 aromatic carbocycles. The maximum absolute atomic E-state index is 13.6. The van der Waals surface area contributed by atoms with E-state index in [9.17, 15) is 18.0 Å². The minimum absolute atomic E-state index is 0.000410. The molecule has 0 unspecified atom stereocenters. The van der Waals surface area contributed by atoms with E-state index >= 15 is 0 Å². The van der Waals surface area contributed by atoms with Gasteiger partial charge in [0, 0.05) is 35.1 Å². The van der Waals surface area contributed by atoms with E-state index < -0.39 is 21.6 Å². The van der Waals surface area contributed by atoms with E-state index in [0.717, 1.165) is 6.26 Å². The van der Waals surface area contributed by atoms with Crippen molar-refractivity contribution in [3.8, 4) is 5.75 Å². The van der Waals surface area contributed by atoms with Gasteiger partial charge in [0.15, 0.2) is 0 Å². The first-order valence-electron chi connectivity index (χ1n) is 12.4. The third-order valence-electron chi connectivity index (χ3n) is 5.82. The molecule has 2 aromatic rings. The van der Waals surface area contributed by atoms with Crippen LogP contribution in [0.2, 0.25) is 15.1 Å². The van der Waals surface area contributed by atoms with Gasteiger partial charge in [-0.05, 0) is 69.5 Å². The highest BCUT2D eigenvalue weighted by Gasteiger charge is 2.31. The number of sulfonamides is 1. The number of halogens is 3. The number of anilines is 1. The molecule has 8 nitrogen and oxygen atoms in total. The van der Waals surface area contributed by atoms with E-state index in [0.29, 0.717) is 33.5 Å². The van der Waals surface area contributed by atoms with Crippen molar-refractivity contribution in [1.29, 1.82) is 0 Å². The molecule has 0 aliphatic rings. The lowest BCUT2D eigenvalue weighted by Crippen LogP contribution is -2.53. The zero-order valence-corrected chi connectivity index (χ0v) is 26.1. The van der Waals surface area contributed by atoms with Crippen LogP contribution in [0.25, 0.3) is 0 Å². The fourth-order valence-corrected chi connectivity index (χ4v) is 5.70. The Labute approximate surface area is 246 Å². The van der Waals surface area contributed by atoms with Gasteiger partial charge in [0.2, 0.25) is 21.8 Å². The lowest BCUT2D eigenvalue weighted by atomic mass is 10.0. The van der Waals surface area contributed by atoms with Gasteiger partial charge >= 0.3 is 0 Å². The van der Waals surface area contributed by atoms with Crippen molar-refractivity contribution >= 4 is 62.3 Å². The van der Waals surface area contributed by atoms with E-state index in [2.05, 4.69) is 5.32 Å². The molecule has 39 heavy (non-hydrogen) atoms. The van der Waals surface area contributed by atoms with Gasteiger partial charge in [0.25, 0.3) is 0 Å². The number of nitrogens with zero attached hydrogens (tertiary/aromatic N) is 2. The number of benzene rings is 2. The molecule has 0 aliphatic heterocycles. The van der Waals surface area contributed by atoms with Gasteiger partial charge in [-0.3, -0.25) is 13.9 Å². The van der Waals surface area contributed by atoms with Crippen LogP contribution >= 0.6 is 34.8 Å². The number of amides is 2. The number of methoxy groups -OCH3 is 1. The first-order chi connectivity index (χ1) is 18.1. The number of nitrogens with one attached hydrogen (secondary N) is 1. The topological polar surface area (TPSA) is 96.0 Å². The van der Waals surface area contributed by atoms with Crippen LogP contribution < -0.4 is 14.4 Å². The van der Waals surface area contributed by atoms with Crippen LogP contribution in [-0.2, 0) is 26.2 Å². The minimum Gasteiger partial charge on any atom is -0.495 e. The fraction of sp³-hybridized carbons (Fsp3) is 0.481. The lowest BCUT2D eigenvalue weighted by molar-refractivity contribution is -0.142. The second-order valence-electron chi connectivity index (χ2n) is 10.2. The summed E-state index contributed by atoms with van der Waals surface area (Å²) in [6, 6.07) is 8.90. The average Bonchev–Trinajstić information content (AvgIpc) is 2.81. The maximum atomic E-state index is 13.6. The molecule has 1 atom stereocenters. The van der Waals surface area contributed by atoms with Gasteiger partial charge in [-0.15, -0.1) is 0 Å². The highest BCUT2D eigenvalue weighted by molar-refractivity contribution is 7.92. The van der Waals surface area contributed by atoms with Crippen LogP contribution in [0.15, 0.2) is 36.4 Å². The van der Waals surface area contributed by atoms with Crippen molar-refractivity contribution in [2.75, 3.05) is 24.2 Å². The van der Waals surface area contributed by atoms with Crippen LogP contribution in [0.3, 0.4) is 0 Å². The molecule has 1 N–H and O–H groups in total. The Morgan fingerprint density at radius 1 is 1.05 bits per heavy atom.